The van der Waals surface area contributed by atoms with E-state index in [1.165, 1.54) is 12.1 Å². The summed E-state index contributed by atoms with van der Waals surface area (Å²) in [5.41, 5.74) is -0.181. The molecule has 8 heteroatoms. The molecule has 0 aliphatic rings. The van der Waals surface area contributed by atoms with E-state index in [1.807, 2.05) is 0 Å². The van der Waals surface area contributed by atoms with Crippen LogP contribution in [0.3, 0.4) is 0 Å². The number of sulfonamides is 1. The normalized spacial score (nSPS) is 11.0. The van der Waals surface area contributed by atoms with Crippen LogP contribution in [0, 0.1) is 10.1 Å². The summed E-state index contributed by atoms with van der Waals surface area (Å²) in [6.45, 7) is 3.52. The molecule has 0 amide bonds. The number of hydrogen-bond acceptors (Lipinski definition) is 4. The van der Waals surface area contributed by atoms with Crippen LogP contribution in [0.5, 0.6) is 0 Å². The minimum atomic E-state index is -4.15. The molecule has 0 radical (unpaired) electrons. The van der Waals surface area contributed by atoms with E-state index in [4.69, 9.17) is 11.6 Å². The highest BCUT2D eigenvalue weighted by molar-refractivity contribution is 7.93. The lowest BCUT2D eigenvalue weighted by Crippen LogP contribution is -2.31. The molecule has 0 saturated heterocycles. The van der Waals surface area contributed by atoms with Gasteiger partial charge in [0.1, 0.15) is 0 Å². The van der Waals surface area contributed by atoms with E-state index in [2.05, 4.69) is 6.58 Å². The van der Waals surface area contributed by atoms with Crippen molar-refractivity contribution in [2.45, 2.75) is 4.90 Å². The lowest BCUT2D eigenvalue weighted by atomic mass is 10.3. The quantitative estimate of drug-likeness (QED) is 0.451. The average Bonchev–Trinajstić information content (AvgIpc) is 2.52. The minimum absolute atomic E-state index is 0.0217. The number of nitrogens with zero attached hydrogens (tertiary/aromatic N) is 2. The Morgan fingerprint density at radius 1 is 1.22 bits per heavy atom. The smallest absolute Gasteiger partial charge is 0.262 e. The average molecular weight is 353 g/mol. The Kier molecular flexibility index (Phi) is 5.02. The van der Waals surface area contributed by atoms with Crippen LogP contribution in [0.2, 0.25) is 5.02 Å². The van der Waals surface area contributed by atoms with Crippen molar-refractivity contribution in [3.63, 3.8) is 0 Å². The van der Waals surface area contributed by atoms with Crippen molar-refractivity contribution >= 4 is 33.0 Å². The molecule has 0 aliphatic heterocycles. The van der Waals surface area contributed by atoms with Gasteiger partial charge in [-0.15, -0.1) is 6.58 Å². The summed E-state index contributed by atoms with van der Waals surface area (Å²) in [5, 5.41) is 11.3. The van der Waals surface area contributed by atoms with Gasteiger partial charge in [-0.25, -0.2) is 8.42 Å². The molecule has 120 valence electrons. The molecule has 6 nitrogen and oxygen atoms in total. The maximum atomic E-state index is 12.9. The van der Waals surface area contributed by atoms with Crippen LogP contribution >= 0.6 is 11.6 Å². The van der Waals surface area contributed by atoms with Gasteiger partial charge >= 0.3 is 0 Å². The van der Waals surface area contributed by atoms with Gasteiger partial charge < -0.3 is 0 Å². The summed E-state index contributed by atoms with van der Waals surface area (Å²) in [4.78, 5) is 9.99. The van der Waals surface area contributed by atoms with Crippen LogP contribution in [-0.4, -0.2) is 19.9 Å². The molecule has 0 N–H and O–H groups in total. The molecule has 0 aliphatic carbocycles. The molecule has 0 unspecified atom stereocenters. The Bertz CT molecular complexity index is 838. The van der Waals surface area contributed by atoms with Gasteiger partial charge in [-0.05, 0) is 24.3 Å². The highest BCUT2D eigenvalue weighted by Crippen LogP contribution is 2.31. The standard InChI is InChI=1S/C15H13ClN2O4S/c1-2-10-17(13-6-4-3-5-7-13)23(21,22)15-9-8-12(16)11-14(15)18(19)20/h2-9,11H,1,10H2. The topological polar surface area (TPSA) is 80.5 Å². The Morgan fingerprint density at radius 2 is 1.87 bits per heavy atom. The van der Waals surface area contributed by atoms with Crippen molar-refractivity contribution in [3.05, 3.63) is 76.3 Å². The zero-order valence-corrected chi connectivity index (χ0v) is 13.5. The number of para-hydroxylation sites is 1. The van der Waals surface area contributed by atoms with Crippen LogP contribution in [0.25, 0.3) is 0 Å². The fraction of sp³-hybridized carbons (Fsp3) is 0.0667. The number of halogens is 1. The van der Waals surface area contributed by atoms with E-state index in [-0.39, 0.29) is 11.6 Å². The molecule has 0 aromatic heterocycles. The van der Waals surface area contributed by atoms with Gasteiger partial charge in [0.15, 0.2) is 4.90 Å². The molecule has 2 aromatic carbocycles. The van der Waals surface area contributed by atoms with Gasteiger partial charge in [0.25, 0.3) is 15.7 Å². The maximum absolute atomic E-state index is 12.9. The molecule has 0 bridgehead atoms. The first-order valence-electron chi connectivity index (χ1n) is 6.50. The van der Waals surface area contributed by atoms with Gasteiger partial charge in [-0.1, -0.05) is 35.9 Å². The van der Waals surface area contributed by atoms with E-state index in [0.717, 1.165) is 16.4 Å². The third kappa shape index (κ3) is 3.52. The first kappa shape index (κ1) is 17.0. The maximum Gasteiger partial charge on any atom is 0.291 e. The molecule has 2 aromatic rings. The lowest BCUT2D eigenvalue weighted by Gasteiger charge is -2.23. The third-order valence-corrected chi connectivity index (χ3v) is 5.10. The van der Waals surface area contributed by atoms with Crippen LogP contribution in [0.1, 0.15) is 0 Å². The summed E-state index contributed by atoms with van der Waals surface area (Å²) in [6, 6.07) is 11.8. The monoisotopic (exact) mass is 352 g/mol. The molecule has 0 saturated carbocycles. The fourth-order valence-corrected chi connectivity index (χ4v) is 3.77. The van der Waals surface area contributed by atoms with Crippen LogP contribution in [0.4, 0.5) is 11.4 Å². The van der Waals surface area contributed by atoms with Crippen molar-refractivity contribution in [3.8, 4) is 0 Å². The van der Waals surface area contributed by atoms with Crippen molar-refractivity contribution in [2.24, 2.45) is 0 Å². The van der Waals surface area contributed by atoms with E-state index < -0.39 is 25.5 Å². The predicted octanol–water partition coefficient (Wildman–Crippen LogP) is 3.63. The van der Waals surface area contributed by atoms with Crippen molar-refractivity contribution in [1.82, 2.24) is 0 Å². The number of anilines is 1. The molecular formula is C15H13ClN2O4S. The number of hydrogen-bond donors (Lipinski definition) is 0. The molecule has 0 fully saturated rings. The first-order chi connectivity index (χ1) is 10.9. The SMILES string of the molecule is C=CCN(c1ccccc1)S(=O)(=O)c1ccc(Cl)cc1[N+](=O)[O-]. The van der Waals surface area contributed by atoms with E-state index >= 15 is 0 Å². The van der Waals surface area contributed by atoms with Crippen molar-refractivity contribution < 1.29 is 13.3 Å². The second kappa shape index (κ2) is 6.80. The van der Waals surface area contributed by atoms with E-state index in [1.54, 1.807) is 30.3 Å². The largest absolute Gasteiger partial charge is 0.291 e. The van der Waals surface area contributed by atoms with Crippen LogP contribution in [-0.2, 0) is 10.0 Å². The van der Waals surface area contributed by atoms with Crippen molar-refractivity contribution in [1.29, 1.82) is 0 Å². The van der Waals surface area contributed by atoms with Gasteiger partial charge in [0.2, 0.25) is 0 Å². The fourth-order valence-electron chi connectivity index (χ4n) is 2.02. The summed E-state index contributed by atoms with van der Waals surface area (Å²) in [5.74, 6) is 0. The number of nitro groups is 1. The number of rotatable bonds is 6. The lowest BCUT2D eigenvalue weighted by molar-refractivity contribution is -0.387. The molecule has 0 atom stereocenters. The van der Waals surface area contributed by atoms with Gasteiger partial charge in [0.05, 0.1) is 17.2 Å². The zero-order valence-electron chi connectivity index (χ0n) is 11.9. The van der Waals surface area contributed by atoms with Crippen molar-refractivity contribution in [2.75, 3.05) is 10.8 Å². The predicted molar refractivity (Wildman–Crippen MR) is 89.3 cm³/mol. The molecule has 2 rings (SSSR count). The zero-order chi connectivity index (χ0) is 17.0. The summed E-state index contributed by atoms with van der Waals surface area (Å²) in [7, 11) is -4.15. The van der Waals surface area contributed by atoms with Gasteiger partial charge in [0, 0.05) is 11.1 Å². The summed E-state index contributed by atoms with van der Waals surface area (Å²) >= 11 is 5.74. The Morgan fingerprint density at radius 3 is 2.43 bits per heavy atom. The highest BCUT2D eigenvalue weighted by Gasteiger charge is 2.31. The third-order valence-electron chi connectivity index (χ3n) is 3.02. The van der Waals surface area contributed by atoms with Gasteiger partial charge in [-0.3, -0.25) is 14.4 Å². The van der Waals surface area contributed by atoms with E-state index in [9.17, 15) is 18.5 Å². The van der Waals surface area contributed by atoms with E-state index in [0.29, 0.717) is 5.69 Å². The minimum Gasteiger partial charge on any atom is -0.262 e. The molecule has 23 heavy (non-hydrogen) atoms. The summed E-state index contributed by atoms with van der Waals surface area (Å²) in [6.07, 6.45) is 1.41. The second-order valence-electron chi connectivity index (χ2n) is 4.53. The van der Waals surface area contributed by atoms with Gasteiger partial charge in [-0.2, -0.15) is 0 Å². The first-order valence-corrected chi connectivity index (χ1v) is 8.32. The number of nitro benzene ring substituents is 1. The highest BCUT2D eigenvalue weighted by atomic mass is 35.5. The molecule has 0 spiro atoms. The van der Waals surface area contributed by atoms with Crippen LogP contribution < -0.4 is 4.31 Å². The second-order valence-corrected chi connectivity index (χ2v) is 6.80. The summed E-state index contributed by atoms with van der Waals surface area (Å²) < 4.78 is 26.8. The Hall–Kier alpha value is -2.38. The number of benzene rings is 2. The molecule has 0 heterocycles. The Labute approximate surface area is 138 Å². The van der Waals surface area contributed by atoms with Crippen LogP contribution in [0.15, 0.2) is 66.1 Å². The molecular weight excluding hydrogens is 340 g/mol. The Balaban J connectivity index is 2.64.